The molecule has 1 aromatic rings. The Bertz CT molecular complexity index is 448. The van der Waals surface area contributed by atoms with Crippen LogP contribution in [0, 0.1) is 5.92 Å². The second-order valence-electron chi connectivity index (χ2n) is 6.11. The summed E-state index contributed by atoms with van der Waals surface area (Å²) in [6, 6.07) is 2.08. The van der Waals surface area contributed by atoms with Gasteiger partial charge >= 0.3 is 0 Å². The Morgan fingerprint density at radius 1 is 1.38 bits per heavy atom. The first-order valence-electron chi connectivity index (χ1n) is 8.13. The van der Waals surface area contributed by atoms with Crippen molar-refractivity contribution >= 4 is 11.6 Å². The van der Waals surface area contributed by atoms with E-state index in [1.807, 2.05) is 0 Å². The van der Waals surface area contributed by atoms with Gasteiger partial charge in [-0.05, 0) is 32.4 Å². The van der Waals surface area contributed by atoms with Crippen molar-refractivity contribution in [2.75, 3.05) is 50.5 Å². The van der Waals surface area contributed by atoms with Crippen molar-refractivity contribution < 1.29 is 0 Å². The minimum Gasteiger partial charge on any atom is -0.370 e. The Morgan fingerprint density at radius 2 is 2.19 bits per heavy atom. The Labute approximate surface area is 128 Å². The molecule has 1 aromatic heterocycles. The van der Waals surface area contributed by atoms with Crippen LogP contribution in [0.25, 0.3) is 0 Å². The maximum absolute atomic E-state index is 4.68. The molecule has 0 aromatic carbocycles. The number of hydrogen-bond acceptors (Lipinski definition) is 5. The van der Waals surface area contributed by atoms with E-state index in [1.54, 1.807) is 0 Å². The van der Waals surface area contributed by atoms with Crippen LogP contribution in [0.5, 0.6) is 0 Å². The molecule has 1 unspecified atom stereocenters. The van der Waals surface area contributed by atoms with Crippen molar-refractivity contribution in [1.29, 1.82) is 0 Å². The minimum atomic E-state index is 0.743. The van der Waals surface area contributed by atoms with Gasteiger partial charge in [-0.2, -0.15) is 0 Å². The molecular formula is C16H29N5. The molecule has 2 rings (SSSR count). The van der Waals surface area contributed by atoms with Crippen molar-refractivity contribution in [3.63, 3.8) is 0 Å². The molecule has 1 aliphatic rings. The highest BCUT2D eigenvalue weighted by Gasteiger charge is 2.21. The maximum atomic E-state index is 4.68. The van der Waals surface area contributed by atoms with E-state index in [1.165, 1.54) is 19.5 Å². The van der Waals surface area contributed by atoms with Gasteiger partial charge in [0.1, 0.15) is 17.5 Å². The van der Waals surface area contributed by atoms with Gasteiger partial charge in [-0.3, -0.25) is 0 Å². The molecule has 0 amide bonds. The van der Waals surface area contributed by atoms with Crippen molar-refractivity contribution in [2.24, 2.45) is 5.92 Å². The smallest absolute Gasteiger partial charge is 0.134 e. The molecule has 1 N–H and O–H groups in total. The maximum Gasteiger partial charge on any atom is 0.134 e. The molecule has 1 saturated heterocycles. The van der Waals surface area contributed by atoms with Crippen LogP contribution in [-0.2, 0) is 6.42 Å². The van der Waals surface area contributed by atoms with Crippen LogP contribution >= 0.6 is 0 Å². The third kappa shape index (κ3) is 4.56. The van der Waals surface area contributed by atoms with Crippen molar-refractivity contribution in [1.82, 2.24) is 14.9 Å². The highest BCUT2D eigenvalue weighted by atomic mass is 15.2. The first-order chi connectivity index (χ1) is 10.1. The lowest BCUT2D eigenvalue weighted by Gasteiger charge is -2.23. The zero-order valence-electron chi connectivity index (χ0n) is 13.9. The van der Waals surface area contributed by atoms with Crippen molar-refractivity contribution in [3.8, 4) is 0 Å². The summed E-state index contributed by atoms with van der Waals surface area (Å²) in [5.41, 5.74) is 0. The lowest BCUT2D eigenvalue weighted by Crippen LogP contribution is -2.28. The summed E-state index contributed by atoms with van der Waals surface area (Å²) in [5, 5.41) is 3.38. The summed E-state index contributed by atoms with van der Waals surface area (Å²) in [4.78, 5) is 13.9. The third-order valence-corrected chi connectivity index (χ3v) is 4.04. The molecule has 0 saturated carbocycles. The summed E-state index contributed by atoms with van der Waals surface area (Å²) in [7, 11) is 4.34. The molecule has 1 fully saturated rings. The van der Waals surface area contributed by atoms with Crippen molar-refractivity contribution in [3.05, 3.63) is 11.9 Å². The van der Waals surface area contributed by atoms with E-state index in [4.69, 9.17) is 0 Å². The summed E-state index contributed by atoms with van der Waals surface area (Å²) in [6.07, 6.45) is 3.26. The largest absolute Gasteiger partial charge is 0.370 e. The third-order valence-electron chi connectivity index (χ3n) is 4.04. The van der Waals surface area contributed by atoms with Crippen LogP contribution in [0.1, 0.15) is 32.5 Å². The number of aryl methyl sites for hydroxylation is 1. The Hall–Kier alpha value is -1.36. The topological polar surface area (TPSA) is 44.3 Å². The fourth-order valence-electron chi connectivity index (χ4n) is 2.84. The Balaban J connectivity index is 2.05. The molecule has 1 aliphatic heterocycles. The van der Waals surface area contributed by atoms with Gasteiger partial charge in [-0.25, -0.2) is 9.97 Å². The quantitative estimate of drug-likeness (QED) is 0.835. The average Bonchev–Trinajstić information content (AvgIpc) is 2.89. The highest BCUT2D eigenvalue weighted by molar-refractivity contribution is 5.49. The van der Waals surface area contributed by atoms with E-state index in [2.05, 4.69) is 59.1 Å². The number of aromatic nitrogens is 2. The van der Waals surface area contributed by atoms with Gasteiger partial charge in [0, 0.05) is 39.2 Å². The van der Waals surface area contributed by atoms with Gasteiger partial charge < -0.3 is 15.1 Å². The molecule has 0 bridgehead atoms. The molecule has 0 spiro atoms. The van der Waals surface area contributed by atoms with Gasteiger partial charge in [0.05, 0.1) is 0 Å². The first-order valence-corrected chi connectivity index (χ1v) is 8.13. The summed E-state index contributed by atoms with van der Waals surface area (Å²) in [6.45, 7) is 8.70. The van der Waals surface area contributed by atoms with Gasteiger partial charge in [-0.15, -0.1) is 0 Å². The molecule has 21 heavy (non-hydrogen) atoms. The Morgan fingerprint density at radius 3 is 2.81 bits per heavy atom. The molecule has 0 radical (unpaired) electrons. The van der Waals surface area contributed by atoms with E-state index < -0.39 is 0 Å². The summed E-state index contributed by atoms with van der Waals surface area (Å²) < 4.78 is 0. The van der Waals surface area contributed by atoms with Gasteiger partial charge in [0.15, 0.2) is 0 Å². The minimum absolute atomic E-state index is 0.743. The normalized spacial score (nSPS) is 19.0. The summed E-state index contributed by atoms with van der Waals surface area (Å²) in [5.74, 6) is 3.65. The van der Waals surface area contributed by atoms with Crippen molar-refractivity contribution in [2.45, 2.75) is 33.1 Å². The fraction of sp³-hybridized carbons (Fsp3) is 0.750. The number of nitrogens with zero attached hydrogens (tertiary/aromatic N) is 4. The lowest BCUT2D eigenvalue weighted by molar-refractivity contribution is 0.395. The Kier molecular flexibility index (Phi) is 5.79. The van der Waals surface area contributed by atoms with E-state index in [9.17, 15) is 0 Å². The molecule has 2 heterocycles. The van der Waals surface area contributed by atoms with Crippen LogP contribution in [-0.4, -0.2) is 55.1 Å². The number of nitrogens with one attached hydrogen (secondary N) is 1. The van der Waals surface area contributed by atoms with Gasteiger partial charge in [-0.1, -0.05) is 13.8 Å². The lowest BCUT2D eigenvalue weighted by atomic mass is 10.1. The molecule has 5 nitrogen and oxygen atoms in total. The molecule has 5 heteroatoms. The van der Waals surface area contributed by atoms with E-state index in [-0.39, 0.29) is 0 Å². The van der Waals surface area contributed by atoms with E-state index in [0.29, 0.717) is 0 Å². The fourth-order valence-corrected chi connectivity index (χ4v) is 2.84. The van der Waals surface area contributed by atoms with E-state index in [0.717, 1.165) is 49.3 Å². The number of likely N-dealkylation sites (tertiary alicyclic amines) is 1. The molecule has 118 valence electrons. The number of anilines is 2. The van der Waals surface area contributed by atoms with Crippen LogP contribution in [0.3, 0.4) is 0 Å². The van der Waals surface area contributed by atoms with Gasteiger partial charge in [0.25, 0.3) is 0 Å². The predicted molar refractivity (Wildman–Crippen MR) is 89.1 cm³/mol. The van der Waals surface area contributed by atoms with Crippen LogP contribution in [0.2, 0.25) is 0 Å². The molecular weight excluding hydrogens is 262 g/mol. The van der Waals surface area contributed by atoms with Crippen LogP contribution < -0.4 is 10.2 Å². The SMILES string of the molecule is CCCNc1cc(N(C)CC2CCN(C)C2)nc(CC)n1. The zero-order valence-corrected chi connectivity index (χ0v) is 13.9. The molecule has 0 aliphatic carbocycles. The standard InChI is InChI=1S/C16H29N5/c1-5-8-17-15-10-16(19-14(6-2)18-15)21(4)12-13-7-9-20(3)11-13/h10,13H,5-9,11-12H2,1-4H3,(H,17,18,19). The van der Waals surface area contributed by atoms with Crippen LogP contribution in [0.15, 0.2) is 6.07 Å². The first kappa shape index (κ1) is 16.0. The van der Waals surface area contributed by atoms with E-state index >= 15 is 0 Å². The number of rotatable bonds is 7. The number of hydrogen-bond donors (Lipinski definition) is 1. The second kappa shape index (κ2) is 7.59. The summed E-state index contributed by atoms with van der Waals surface area (Å²) >= 11 is 0. The monoisotopic (exact) mass is 291 g/mol. The molecule has 1 atom stereocenters. The van der Waals surface area contributed by atoms with Gasteiger partial charge in [0.2, 0.25) is 0 Å². The zero-order chi connectivity index (χ0) is 15.2. The average molecular weight is 291 g/mol. The predicted octanol–water partition coefficient (Wildman–Crippen LogP) is 2.25. The highest BCUT2D eigenvalue weighted by Crippen LogP contribution is 2.20. The second-order valence-corrected chi connectivity index (χ2v) is 6.11. The van der Waals surface area contributed by atoms with Crippen LogP contribution in [0.4, 0.5) is 11.6 Å².